The predicted molar refractivity (Wildman–Crippen MR) is 92.3 cm³/mol. The summed E-state index contributed by atoms with van der Waals surface area (Å²) in [5.74, 6) is 3.30. The first kappa shape index (κ1) is 17.8. The van der Waals surface area contributed by atoms with E-state index in [4.69, 9.17) is 15.6 Å². The summed E-state index contributed by atoms with van der Waals surface area (Å²) in [7, 11) is -1.01. The Kier molecular flexibility index (Phi) is 7.00. The number of aryl methyl sites for hydroxylation is 1. The lowest BCUT2D eigenvalue weighted by atomic mass is 9.86. The zero-order valence-corrected chi connectivity index (χ0v) is 15.1. The molecule has 0 spiro atoms. The van der Waals surface area contributed by atoms with Crippen molar-refractivity contribution in [3.05, 3.63) is 29.8 Å². The lowest BCUT2D eigenvalue weighted by Gasteiger charge is -2.32. The van der Waals surface area contributed by atoms with E-state index in [2.05, 4.69) is 51.9 Å². The number of terminal acetylenes is 1. The number of benzene rings is 1. The fourth-order valence-corrected chi connectivity index (χ4v) is 3.41. The van der Waals surface area contributed by atoms with Crippen molar-refractivity contribution in [2.24, 2.45) is 5.41 Å². The predicted octanol–water partition coefficient (Wildman–Crippen LogP) is 4.05. The van der Waals surface area contributed by atoms with Crippen molar-refractivity contribution in [2.45, 2.75) is 52.8 Å². The van der Waals surface area contributed by atoms with E-state index in [0.29, 0.717) is 12.7 Å². The molecule has 1 unspecified atom stereocenters. The molecule has 0 fully saturated rings. The van der Waals surface area contributed by atoms with Gasteiger partial charge in [0, 0.05) is 6.10 Å². The third-order valence-electron chi connectivity index (χ3n) is 3.34. The molecule has 0 aromatic heterocycles. The summed E-state index contributed by atoms with van der Waals surface area (Å²) < 4.78 is 11.6. The van der Waals surface area contributed by atoms with Crippen LogP contribution in [0.15, 0.2) is 24.3 Å². The Balaban J connectivity index is 2.57. The summed E-state index contributed by atoms with van der Waals surface area (Å²) in [5, 5.41) is 0. The van der Waals surface area contributed by atoms with E-state index in [-0.39, 0.29) is 5.41 Å². The largest absolute Gasteiger partial charge is 0.481 e. The van der Waals surface area contributed by atoms with Gasteiger partial charge in [0.1, 0.15) is 12.4 Å². The molecule has 0 amide bonds. The van der Waals surface area contributed by atoms with E-state index in [9.17, 15) is 0 Å². The Labute approximate surface area is 131 Å². The van der Waals surface area contributed by atoms with Crippen molar-refractivity contribution < 1.29 is 9.16 Å². The molecular formula is C18H28O2Si. The first-order valence-electron chi connectivity index (χ1n) is 7.63. The number of rotatable bonds is 7. The highest BCUT2D eigenvalue weighted by Crippen LogP contribution is 2.27. The lowest BCUT2D eigenvalue weighted by Crippen LogP contribution is -2.33. The molecule has 0 radical (unpaired) electrons. The first-order chi connectivity index (χ1) is 9.82. The Bertz CT molecular complexity index is 452. The van der Waals surface area contributed by atoms with Crippen molar-refractivity contribution >= 4 is 9.04 Å². The van der Waals surface area contributed by atoms with Gasteiger partial charge in [0.2, 0.25) is 0 Å². The van der Waals surface area contributed by atoms with Crippen molar-refractivity contribution in [1.29, 1.82) is 0 Å². The number of hydrogen-bond acceptors (Lipinski definition) is 2. The Morgan fingerprint density at radius 2 is 1.81 bits per heavy atom. The molecule has 1 atom stereocenters. The Morgan fingerprint density at radius 3 is 2.29 bits per heavy atom. The van der Waals surface area contributed by atoms with E-state index >= 15 is 0 Å². The van der Waals surface area contributed by atoms with Crippen LogP contribution < -0.4 is 4.74 Å². The van der Waals surface area contributed by atoms with E-state index in [1.807, 2.05) is 12.1 Å². The van der Waals surface area contributed by atoms with Crippen LogP contribution in [0.25, 0.3) is 0 Å². The standard InChI is InChI=1S/C18H28O2Si/c1-7-14-19-16-11-8-15(9-12-16)10-13-17(18(2,3)4)20-21(5)6/h1,8-9,11-12,17,21H,10,13-14H2,2-6H3. The van der Waals surface area contributed by atoms with Crippen LogP contribution in [0.4, 0.5) is 0 Å². The van der Waals surface area contributed by atoms with Crippen LogP contribution in [-0.2, 0) is 10.8 Å². The topological polar surface area (TPSA) is 18.5 Å². The van der Waals surface area contributed by atoms with Gasteiger partial charge in [-0.3, -0.25) is 0 Å². The Hall–Kier alpha value is -1.24. The molecule has 1 rings (SSSR count). The van der Waals surface area contributed by atoms with Crippen LogP contribution in [0.3, 0.4) is 0 Å². The monoisotopic (exact) mass is 304 g/mol. The molecular weight excluding hydrogens is 276 g/mol. The molecule has 0 aliphatic carbocycles. The third kappa shape index (κ3) is 6.84. The fourth-order valence-electron chi connectivity index (χ4n) is 2.21. The van der Waals surface area contributed by atoms with Gasteiger partial charge < -0.3 is 9.16 Å². The third-order valence-corrected chi connectivity index (χ3v) is 4.22. The van der Waals surface area contributed by atoms with Crippen LogP contribution >= 0.6 is 0 Å². The quantitative estimate of drug-likeness (QED) is 0.559. The molecule has 1 aromatic carbocycles. The van der Waals surface area contributed by atoms with E-state index in [1.165, 1.54) is 5.56 Å². The normalized spacial score (nSPS) is 13.0. The zero-order valence-electron chi connectivity index (χ0n) is 14.0. The second-order valence-corrected chi connectivity index (χ2v) is 9.08. The van der Waals surface area contributed by atoms with Crippen LogP contribution in [0.5, 0.6) is 5.75 Å². The van der Waals surface area contributed by atoms with Gasteiger partial charge in [-0.1, -0.05) is 38.8 Å². The summed E-state index contributed by atoms with van der Waals surface area (Å²) in [5.41, 5.74) is 1.50. The molecule has 0 saturated carbocycles. The highest BCUT2D eigenvalue weighted by atomic mass is 28.3. The van der Waals surface area contributed by atoms with E-state index in [0.717, 1.165) is 18.6 Å². The van der Waals surface area contributed by atoms with Crippen LogP contribution in [0, 0.1) is 17.8 Å². The number of hydrogen-bond donors (Lipinski definition) is 0. The van der Waals surface area contributed by atoms with Crippen LogP contribution in [0.2, 0.25) is 13.1 Å². The van der Waals surface area contributed by atoms with Crippen molar-refractivity contribution in [2.75, 3.05) is 6.61 Å². The average molecular weight is 305 g/mol. The highest BCUT2D eigenvalue weighted by molar-refractivity contribution is 6.48. The summed E-state index contributed by atoms with van der Waals surface area (Å²) in [6.07, 6.45) is 7.58. The van der Waals surface area contributed by atoms with Gasteiger partial charge in [0.05, 0.1) is 0 Å². The molecule has 3 heteroatoms. The van der Waals surface area contributed by atoms with Gasteiger partial charge in [0.25, 0.3) is 0 Å². The minimum atomic E-state index is -1.01. The Morgan fingerprint density at radius 1 is 1.19 bits per heavy atom. The van der Waals surface area contributed by atoms with Crippen molar-refractivity contribution in [1.82, 2.24) is 0 Å². The minimum Gasteiger partial charge on any atom is -0.481 e. The van der Waals surface area contributed by atoms with Gasteiger partial charge in [-0.05, 0) is 49.0 Å². The molecule has 0 N–H and O–H groups in total. The van der Waals surface area contributed by atoms with Gasteiger partial charge >= 0.3 is 0 Å². The zero-order chi connectivity index (χ0) is 15.9. The fraction of sp³-hybridized carbons (Fsp3) is 0.556. The summed E-state index contributed by atoms with van der Waals surface area (Å²) >= 11 is 0. The maximum absolute atomic E-state index is 6.21. The first-order valence-corrected chi connectivity index (χ1v) is 10.4. The molecule has 0 heterocycles. The molecule has 0 saturated heterocycles. The summed E-state index contributed by atoms with van der Waals surface area (Å²) in [6, 6.07) is 8.18. The highest BCUT2D eigenvalue weighted by Gasteiger charge is 2.25. The van der Waals surface area contributed by atoms with E-state index < -0.39 is 9.04 Å². The number of ether oxygens (including phenoxy) is 1. The molecule has 2 nitrogen and oxygen atoms in total. The molecule has 0 aliphatic rings. The van der Waals surface area contributed by atoms with Gasteiger partial charge in [-0.2, -0.15) is 0 Å². The molecule has 0 aliphatic heterocycles. The molecule has 116 valence electrons. The van der Waals surface area contributed by atoms with Crippen molar-refractivity contribution in [3.63, 3.8) is 0 Å². The second kappa shape index (κ2) is 8.26. The second-order valence-electron chi connectivity index (χ2n) is 6.71. The van der Waals surface area contributed by atoms with Gasteiger partial charge in [0.15, 0.2) is 9.04 Å². The smallest absolute Gasteiger partial charge is 0.171 e. The minimum absolute atomic E-state index is 0.188. The average Bonchev–Trinajstić information content (AvgIpc) is 2.40. The molecule has 21 heavy (non-hydrogen) atoms. The van der Waals surface area contributed by atoms with Crippen LogP contribution in [0.1, 0.15) is 32.8 Å². The van der Waals surface area contributed by atoms with Gasteiger partial charge in [-0.15, -0.1) is 6.42 Å². The maximum Gasteiger partial charge on any atom is 0.171 e. The molecule has 1 aromatic rings. The van der Waals surface area contributed by atoms with Crippen LogP contribution in [-0.4, -0.2) is 21.8 Å². The SMILES string of the molecule is C#CCOc1ccc(CCC(O[SiH](C)C)C(C)(C)C)cc1. The summed E-state index contributed by atoms with van der Waals surface area (Å²) in [4.78, 5) is 0. The lowest BCUT2D eigenvalue weighted by molar-refractivity contribution is 0.0788. The summed E-state index contributed by atoms with van der Waals surface area (Å²) in [6.45, 7) is 11.5. The maximum atomic E-state index is 6.21. The van der Waals surface area contributed by atoms with Crippen molar-refractivity contribution in [3.8, 4) is 18.1 Å². The molecule has 0 bridgehead atoms. The van der Waals surface area contributed by atoms with E-state index in [1.54, 1.807) is 0 Å². The van der Waals surface area contributed by atoms with Gasteiger partial charge in [-0.25, -0.2) is 0 Å².